The maximum atomic E-state index is 12.3. The van der Waals surface area contributed by atoms with Gasteiger partial charge in [-0.2, -0.15) is 0 Å². The molecular formula is C20H31NO3. The number of methoxy groups -OCH3 is 1. The lowest BCUT2D eigenvalue weighted by Gasteiger charge is -2.32. The van der Waals surface area contributed by atoms with Crippen molar-refractivity contribution in [2.24, 2.45) is 5.92 Å². The average molecular weight is 333 g/mol. The summed E-state index contributed by atoms with van der Waals surface area (Å²) in [4.78, 5) is 14.4. The van der Waals surface area contributed by atoms with Gasteiger partial charge >= 0.3 is 0 Å². The molecule has 0 N–H and O–H groups in total. The summed E-state index contributed by atoms with van der Waals surface area (Å²) >= 11 is 0. The fourth-order valence-corrected chi connectivity index (χ4v) is 3.13. The zero-order chi connectivity index (χ0) is 17.2. The SMILES string of the molecule is COCCCCCC(=O)N1CCCC(COc2ccc(C)cc2)C1. The third-order valence-corrected chi connectivity index (χ3v) is 4.62. The minimum absolute atomic E-state index is 0.299. The Balaban J connectivity index is 1.68. The van der Waals surface area contributed by atoms with E-state index in [2.05, 4.69) is 19.1 Å². The number of aryl methyl sites for hydroxylation is 1. The predicted octanol–water partition coefficient (Wildman–Crippen LogP) is 3.82. The molecule has 0 radical (unpaired) electrons. The summed E-state index contributed by atoms with van der Waals surface area (Å²) < 4.78 is 10.9. The molecule has 0 spiro atoms. The van der Waals surface area contributed by atoms with Crippen LogP contribution in [0.15, 0.2) is 24.3 Å². The molecule has 0 saturated carbocycles. The van der Waals surface area contributed by atoms with Gasteiger partial charge in [0.1, 0.15) is 5.75 Å². The molecule has 1 heterocycles. The van der Waals surface area contributed by atoms with Crippen LogP contribution in [0.2, 0.25) is 0 Å². The molecule has 1 aliphatic rings. The molecule has 0 aliphatic carbocycles. The number of benzene rings is 1. The number of likely N-dealkylation sites (tertiary alicyclic amines) is 1. The molecule has 0 bridgehead atoms. The molecule has 1 aromatic rings. The molecule has 2 rings (SSSR count). The first-order chi connectivity index (χ1) is 11.7. The molecule has 1 atom stereocenters. The van der Waals surface area contributed by atoms with E-state index in [1.165, 1.54) is 5.56 Å². The fourth-order valence-electron chi connectivity index (χ4n) is 3.13. The molecule has 1 aromatic carbocycles. The molecule has 1 unspecified atom stereocenters. The second kappa shape index (κ2) is 10.3. The Labute approximate surface area is 146 Å². The molecule has 24 heavy (non-hydrogen) atoms. The van der Waals surface area contributed by atoms with Crippen molar-refractivity contribution in [3.05, 3.63) is 29.8 Å². The fraction of sp³-hybridized carbons (Fsp3) is 0.650. The van der Waals surface area contributed by atoms with E-state index in [9.17, 15) is 4.79 Å². The zero-order valence-electron chi connectivity index (χ0n) is 15.1. The van der Waals surface area contributed by atoms with Crippen molar-refractivity contribution in [1.29, 1.82) is 0 Å². The lowest BCUT2D eigenvalue weighted by molar-refractivity contribution is -0.133. The largest absolute Gasteiger partial charge is 0.493 e. The Kier molecular flexibility index (Phi) is 8.10. The van der Waals surface area contributed by atoms with Gasteiger partial charge < -0.3 is 14.4 Å². The summed E-state index contributed by atoms with van der Waals surface area (Å²) in [6.45, 7) is 5.29. The van der Waals surface area contributed by atoms with Crippen LogP contribution in [-0.4, -0.2) is 44.2 Å². The van der Waals surface area contributed by atoms with Crippen molar-refractivity contribution >= 4 is 5.91 Å². The molecule has 134 valence electrons. The van der Waals surface area contributed by atoms with Gasteiger partial charge in [0.15, 0.2) is 0 Å². The Hall–Kier alpha value is -1.55. The lowest BCUT2D eigenvalue weighted by atomic mass is 9.98. The van der Waals surface area contributed by atoms with E-state index in [0.29, 0.717) is 24.9 Å². The topological polar surface area (TPSA) is 38.8 Å². The predicted molar refractivity (Wildman–Crippen MR) is 96.3 cm³/mol. The molecule has 1 amide bonds. The van der Waals surface area contributed by atoms with Crippen LogP contribution < -0.4 is 4.74 Å². The Morgan fingerprint density at radius 2 is 2.00 bits per heavy atom. The van der Waals surface area contributed by atoms with Crippen LogP contribution in [0, 0.1) is 12.8 Å². The molecular weight excluding hydrogens is 302 g/mol. The smallest absolute Gasteiger partial charge is 0.222 e. The van der Waals surface area contributed by atoms with Gasteiger partial charge in [0.25, 0.3) is 0 Å². The van der Waals surface area contributed by atoms with E-state index in [1.54, 1.807) is 7.11 Å². The third-order valence-electron chi connectivity index (χ3n) is 4.62. The number of carbonyl (C=O) groups excluding carboxylic acids is 1. The maximum absolute atomic E-state index is 12.3. The van der Waals surface area contributed by atoms with Crippen LogP contribution in [0.1, 0.15) is 44.1 Å². The van der Waals surface area contributed by atoms with Gasteiger partial charge in [-0.3, -0.25) is 4.79 Å². The van der Waals surface area contributed by atoms with Crippen molar-refractivity contribution < 1.29 is 14.3 Å². The van der Waals surface area contributed by atoms with Gasteiger partial charge in [-0.25, -0.2) is 0 Å². The third kappa shape index (κ3) is 6.52. The summed E-state index contributed by atoms with van der Waals surface area (Å²) in [5.41, 5.74) is 1.24. The lowest BCUT2D eigenvalue weighted by Crippen LogP contribution is -2.41. The average Bonchev–Trinajstić information content (AvgIpc) is 2.61. The van der Waals surface area contributed by atoms with E-state index in [0.717, 1.165) is 57.6 Å². The van der Waals surface area contributed by atoms with Crippen LogP contribution in [0.4, 0.5) is 0 Å². The highest BCUT2D eigenvalue weighted by Gasteiger charge is 2.23. The number of hydrogen-bond donors (Lipinski definition) is 0. The quantitative estimate of drug-likeness (QED) is 0.645. The van der Waals surface area contributed by atoms with E-state index in [4.69, 9.17) is 9.47 Å². The van der Waals surface area contributed by atoms with E-state index in [-0.39, 0.29) is 0 Å². The molecule has 4 nitrogen and oxygen atoms in total. The van der Waals surface area contributed by atoms with Crippen molar-refractivity contribution in [2.45, 2.75) is 45.4 Å². The number of hydrogen-bond acceptors (Lipinski definition) is 3. The number of rotatable bonds is 9. The number of nitrogens with zero attached hydrogens (tertiary/aromatic N) is 1. The Morgan fingerprint density at radius 3 is 2.75 bits per heavy atom. The van der Waals surface area contributed by atoms with Crippen molar-refractivity contribution in [3.63, 3.8) is 0 Å². The molecule has 1 fully saturated rings. The van der Waals surface area contributed by atoms with Crippen LogP contribution in [0.3, 0.4) is 0 Å². The van der Waals surface area contributed by atoms with Gasteiger partial charge in [-0.15, -0.1) is 0 Å². The maximum Gasteiger partial charge on any atom is 0.222 e. The van der Waals surface area contributed by atoms with Gasteiger partial charge in [0.05, 0.1) is 6.61 Å². The van der Waals surface area contributed by atoms with Crippen molar-refractivity contribution in [2.75, 3.05) is 33.4 Å². The first-order valence-electron chi connectivity index (χ1n) is 9.15. The Bertz CT molecular complexity index is 486. The molecule has 1 aliphatic heterocycles. The first-order valence-corrected chi connectivity index (χ1v) is 9.15. The van der Waals surface area contributed by atoms with Crippen molar-refractivity contribution in [1.82, 2.24) is 4.90 Å². The summed E-state index contributed by atoms with van der Waals surface area (Å²) in [5.74, 6) is 1.66. The second-order valence-electron chi connectivity index (χ2n) is 6.78. The Morgan fingerprint density at radius 1 is 1.21 bits per heavy atom. The van der Waals surface area contributed by atoms with E-state index >= 15 is 0 Å². The summed E-state index contributed by atoms with van der Waals surface area (Å²) in [5, 5.41) is 0. The van der Waals surface area contributed by atoms with E-state index < -0.39 is 0 Å². The highest BCUT2D eigenvalue weighted by Crippen LogP contribution is 2.20. The summed E-state index contributed by atoms with van der Waals surface area (Å²) in [7, 11) is 1.72. The second-order valence-corrected chi connectivity index (χ2v) is 6.78. The number of unbranched alkanes of at least 4 members (excludes halogenated alkanes) is 2. The van der Waals surface area contributed by atoms with Gasteiger partial charge in [0.2, 0.25) is 5.91 Å². The molecule has 4 heteroatoms. The minimum Gasteiger partial charge on any atom is -0.493 e. The van der Waals surface area contributed by atoms with Gasteiger partial charge in [0, 0.05) is 39.1 Å². The highest BCUT2D eigenvalue weighted by molar-refractivity contribution is 5.76. The number of ether oxygens (including phenoxy) is 2. The van der Waals surface area contributed by atoms with Crippen LogP contribution >= 0.6 is 0 Å². The first kappa shape index (κ1) is 18.8. The van der Waals surface area contributed by atoms with Crippen LogP contribution in [-0.2, 0) is 9.53 Å². The van der Waals surface area contributed by atoms with Gasteiger partial charge in [-0.1, -0.05) is 24.1 Å². The van der Waals surface area contributed by atoms with Crippen LogP contribution in [0.25, 0.3) is 0 Å². The monoisotopic (exact) mass is 333 g/mol. The van der Waals surface area contributed by atoms with Crippen LogP contribution in [0.5, 0.6) is 5.75 Å². The normalized spacial score (nSPS) is 17.8. The molecule has 1 saturated heterocycles. The number of carbonyl (C=O) groups is 1. The van der Waals surface area contributed by atoms with Crippen molar-refractivity contribution in [3.8, 4) is 5.75 Å². The van der Waals surface area contributed by atoms with Gasteiger partial charge in [-0.05, 0) is 44.7 Å². The minimum atomic E-state index is 0.299. The standard InChI is InChI=1S/C20H31NO3/c1-17-9-11-19(12-10-17)24-16-18-7-6-13-21(15-18)20(22)8-4-3-5-14-23-2/h9-12,18H,3-8,13-16H2,1-2H3. The summed E-state index contributed by atoms with van der Waals surface area (Å²) in [6.07, 6.45) is 5.95. The summed E-state index contributed by atoms with van der Waals surface area (Å²) in [6, 6.07) is 8.16. The number of piperidine rings is 1. The molecule has 0 aromatic heterocycles. The zero-order valence-corrected chi connectivity index (χ0v) is 15.1. The highest BCUT2D eigenvalue weighted by atomic mass is 16.5. The van der Waals surface area contributed by atoms with E-state index in [1.807, 2.05) is 17.0 Å². The number of amides is 1.